The van der Waals surface area contributed by atoms with Crippen molar-refractivity contribution in [1.82, 2.24) is 14.9 Å². The lowest BCUT2D eigenvalue weighted by Gasteiger charge is -2.19. The van der Waals surface area contributed by atoms with E-state index in [1.165, 1.54) is 4.31 Å². The molecule has 2 amide bonds. The van der Waals surface area contributed by atoms with Crippen molar-refractivity contribution in [3.8, 4) is 0 Å². The fourth-order valence-corrected chi connectivity index (χ4v) is 4.76. The minimum absolute atomic E-state index is 0.00401. The zero-order valence-corrected chi connectivity index (χ0v) is 21.1. The molecule has 0 unspecified atom stereocenters. The lowest BCUT2D eigenvalue weighted by Crippen LogP contribution is -2.44. The van der Waals surface area contributed by atoms with Crippen LogP contribution in [-0.4, -0.2) is 43.7 Å². The molecule has 0 aliphatic rings. The maximum Gasteiger partial charge on any atom is 0.251 e. The predicted molar refractivity (Wildman–Crippen MR) is 130 cm³/mol. The van der Waals surface area contributed by atoms with E-state index in [1.807, 2.05) is 12.1 Å². The molecule has 0 spiro atoms. The third-order valence-corrected chi connectivity index (χ3v) is 7.55. The Kier molecular flexibility index (Phi) is 8.80. The van der Waals surface area contributed by atoms with E-state index in [4.69, 9.17) is 0 Å². The Bertz CT molecular complexity index is 1050. The van der Waals surface area contributed by atoms with Crippen molar-refractivity contribution >= 4 is 21.8 Å². The summed E-state index contributed by atoms with van der Waals surface area (Å²) >= 11 is 0. The highest BCUT2D eigenvalue weighted by Gasteiger charge is 2.21. The van der Waals surface area contributed by atoms with Gasteiger partial charge in [-0.25, -0.2) is 8.42 Å². The first-order valence-corrected chi connectivity index (χ1v) is 12.6. The van der Waals surface area contributed by atoms with Gasteiger partial charge in [-0.15, -0.1) is 0 Å². The highest BCUT2D eigenvalue weighted by Crippen LogP contribution is 2.22. The van der Waals surface area contributed by atoms with Crippen LogP contribution < -0.4 is 10.6 Å². The van der Waals surface area contributed by atoms with E-state index in [0.717, 1.165) is 11.1 Å². The molecule has 0 aliphatic heterocycles. The molecule has 0 heterocycles. The molecule has 0 bridgehead atoms. The fourth-order valence-electron chi connectivity index (χ4n) is 3.30. The summed E-state index contributed by atoms with van der Waals surface area (Å²) in [5.41, 5.74) is 2.38. The van der Waals surface area contributed by atoms with Gasteiger partial charge in [-0.3, -0.25) is 9.59 Å². The van der Waals surface area contributed by atoms with Crippen LogP contribution in [0.4, 0.5) is 0 Å². The smallest absolute Gasteiger partial charge is 0.251 e. The molecule has 2 aromatic rings. The van der Waals surface area contributed by atoms with E-state index in [9.17, 15) is 18.0 Å². The largest absolute Gasteiger partial charge is 0.350 e. The second kappa shape index (κ2) is 10.9. The minimum Gasteiger partial charge on any atom is -0.350 e. The van der Waals surface area contributed by atoms with Gasteiger partial charge >= 0.3 is 0 Å². The first-order valence-electron chi connectivity index (χ1n) is 11.2. The van der Waals surface area contributed by atoms with Crippen LogP contribution in [0.25, 0.3) is 0 Å². The molecule has 7 nitrogen and oxygen atoms in total. The van der Waals surface area contributed by atoms with Crippen molar-refractivity contribution in [3.05, 3.63) is 65.2 Å². The van der Waals surface area contributed by atoms with Gasteiger partial charge in [0.05, 0.1) is 4.90 Å². The third-order valence-electron chi connectivity index (χ3n) is 5.49. The van der Waals surface area contributed by atoms with Gasteiger partial charge in [0.1, 0.15) is 6.04 Å². The summed E-state index contributed by atoms with van der Waals surface area (Å²) in [6.07, 6.45) is 0. The average Bonchev–Trinajstić information content (AvgIpc) is 2.77. The number of carbonyl (C=O) groups excluding carboxylic acids is 2. The number of carbonyl (C=O) groups is 2. The maximum atomic E-state index is 12.6. The first-order chi connectivity index (χ1) is 15.4. The van der Waals surface area contributed by atoms with Crippen molar-refractivity contribution in [2.75, 3.05) is 13.1 Å². The SMILES string of the molecule is CCN(CC)S(=O)(=O)c1ccc(CNC(=O)[C@H](C)NC(=O)c2ccc(C(C)(C)C)cc2)cc1. The lowest BCUT2D eigenvalue weighted by molar-refractivity contribution is -0.122. The molecular weight excluding hydrogens is 438 g/mol. The van der Waals surface area contributed by atoms with E-state index in [1.54, 1.807) is 57.2 Å². The zero-order chi connectivity index (χ0) is 24.8. The zero-order valence-electron chi connectivity index (χ0n) is 20.3. The highest BCUT2D eigenvalue weighted by molar-refractivity contribution is 7.89. The van der Waals surface area contributed by atoms with Crippen LogP contribution >= 0.6 is 0 Å². The number of benzene rings is 2. The van der Waals surface area contributed by atoms with Gasteiger partial charge in [0.2, 0.25) is 15.9 Å². The summed E-state index contributed by atoms with van der Waals surface area (Å²) in [5.74, 6) is -0.640. The van der Waals surface area contributed by atoms with E-state index >= 15 is 0 Å². The number of hydrogen-bond acceptors (Lipinski definition) is 4. The van der Waals surface area contributed by atoms with E-state index < -0.39 is 16.1 Å². The highest BCUT2D eigenvalue weighted by atomic mass is 32.2. The summed E-state index contributed by atoms with van der Waals surface area (Å²) in [6, 6.07) is 13.1. The van der Waals surface area contributed by atoms with Gasteiger partial charge in [-0.1, -0.05) is 58.9 Å². The van der Waals surface area contributed by atoms with Crippen LogP contribution in [0.15, 0.2) is 53.4 Å². The van der Waals surface area contributed by atoms with Gasteiger partial charge in [0.15, 0.2) is 0 Å². The molecule has 0 aromatic heterocycles. The summed E-state index contributed by atoms with van der Waals surface area (Å²) in [6.45, 7) is 12.6. The molecule has 2 rings (SSSR count). The third kappa shape index (κ3) is 6.88. The Hall–Kier alpha value is -2.71. The van der Waals surface area contributed by atoms with Gasteiger partial charge in [0, 0.05) is 25.2 Å². The topological polar surface area (TPSA) is 95.6 Å². The molecule has 0 radical (unpaired) electrons. The molecule has 2 N–H and O–H groups in total. The van der Waals surface area contributed by atoms with Crippen molar-refractivity contribution in [2.45, 2.75) is 64.4 Å². The first kappa shape index (κ1) is 26.5. The number of nitrogens with zero attached hydrogens (tertiary/aromatic N) is 1. The number of amides is 2. The molecule has 0 saturated heterocycles. The van der Waals surface area contributed by atoms with Gasteiger partial charge in [0.25, 0.3) is 5.91 Å². The van der Waals surface area contributed by atoms with Gasteiger partial charge < -0.3 is 10.6 Å². The Labute approximate surface area is 197 Å². The monoisotopic (exact) mass is 473 g/mol. The molecule has 33 heavy (non-hydrogen) atoms. The molecule has 1 atom stereocenters. The normalized spacial score (nSPS) is 12.9. The number of nitrogens with one attached hydrogen (secondary N) is 2. The molecule has 8 heteroatoms. The number of sulfonamides is 1. The van der Waals surface area contributed by atoms with Crippen LogP contribution in [0, 0.1) is 0 Å². The van der Waals surface area contributed by atoms with Crippen molar-refractivity contribution in [2.24, 2.45) is 0 Å². The van der Waals surface area contributed by atoms with E-state index in [0.29, 0.717) is 18.7 Å². The second-order valence-electron chi connectivity index (χ2n) is 8.97. The van der Waals surface area contributed by atoms with Crippen LogP contribution in [-0.2, 0) is 26.8 Å². The Balaban J connectivity index is 1.93. The molecule has 0 saturated carbocycles. The van der Waals surface area contributed by atoms with E-state index in [2.05, 4.69) is 31.4 Å². The van der Waals surface area contributed by atoms with Crippen molar-refractivity contribution in [1.29, 1.82) is 0 Å². The van der Waals surface area contributed by atoms with Crippen LogP contribution in [0.5, 0.6) is 0 Å². The Morgan fingerprint density at radius 3 is 1.97 bits per heavy atom. The maximum absolute atomic E-state index is 12.6. The second-order valence-corrected chi connectivity index (χ2v) is 10.9. The van der Waals surface area contributed by atoms with Crippen LogP contribution in [0.2, 0.25) is 0 Å². The van der Waals surface area contributed by atoms with Gasteiger partial charge in [-0.2, -0.15) is 4.31 Å². The van der Waals surface area contributed by atoms with Gasteiger partial charge in [-0.05, 0) is 47.7 Å². The lowest BCUT2D eigenvalue weighted by atomic mass is 9.86. The summed E-state index contributed by atoms with van der Waals surface area (Å²) in [5, 5.41) is 5.48. The molecule has 180 valence electrons. The minimum atomic E-state index is -3.52. The molecule has 0 aliphatic carbocycles. The standard InChI is InChI=1S/C25H35N3O4S/c1-7-28(8-2)33(31,32)22-15-9-19(10-16-22)17-26-23(29)18(3)27-24(30)20-11-13-21(14-12-20)25(4,5)6/h9-16,18H,7-8,17H2,1-6H3,(H,26,29)(H,27,30)/t18-/m0/s1. The predicted octanol–water partition coefficient (Wildman–Crippen LogP) is 3.45. The Morgan fingerprint density at radius 1 is 0.939 bits per heavy atom. The molecule has 2 aromatic carbocycles. The quantitative estimate of drug-likeness (QED) is 0.583. The molecular formula is C25H35N3O4S. The fraction of sp³-hybridized carbons (Fsp3) is 0.440. The number of rotatable bonds is 9. The average molecular weight is 474 g/mol. The molecule has 0 fully saturated rings. The number of hydrogen-bond donors (Lipinski definition) is 2. The summed E-state index contributed by atoms with van der Waals surface area (Å²) in [4.78, 5) is 25.1. The Morgan fingerprint density at radius 2 is 1.48 bits per heavy atom. The van der Waals surface area contributed by atoms with E-state index in [-0.39, 0.29) is 28.7 Å². The summed E-state index contributed by atoms with van der Waals surface area (Å²) in [7, 11) is -3.52. The van der Waals surface area contributed by atoms with Crippen molar-refractivity contribution in [3.63, 3.8) is 0 Å². The van der Waals surface area contributed by atoms with Crippen LogP contribution in [0.3, 0.4) is 0 Å². The van der Waals surface area contributed by atoms with Crippen LogP contribution in [0.1, 0.15) is 63.0 Å². The summed E-state index contributed by atoms with van der Waals surface area (Å²) < 4.78 is 26.5. The van der Waals surface area contributed by atoms with Crippen molar-refractivity contribution < 1.29 is 18.0 Å².